The topological polar surface area (TPSA) is 71.4 Å². The van der Waals surface area contributed by atoms with Gasteiger partial charge in [0.1, 0.15) is 5.78 Å². The van der Waals surface area contributed by atoms with Gasteiger partial charge in [0.2, 0.25) is 0 Å². The Morgan fingerprint density at radius 3 is 2.69 bits per heavy atom. The number of halogens is 1. The van der Waals surface area contributed by atoms with Gasteiger partial charge < -0.3 is 5.11 Å². The van der Waals surface area contributed by atoms with E-state index in [0.29, 0.717) is 32.1 Å². The zero-order valence-corrected chi connectivity index (χ0v) is 15.8. The minimum atomic E-state index is -1.45. The van der Waals surface area contributed by atoms with Gasteiger partial charge in [0.25, 0.3) is 0 Å². The molecular formula is C21H31FO4. The molecule has 0 aliphatic heterocycles. The molecule has 0 aromatic heterocycles. The van der Waals surface area contributed by atoms with Crippen molar-refractivity contribution in [2.45, 2.75) is 71.4 Å². The van der Waals surface area contributed by atoms with Crippen molar-refractivity contribution in [3.63, 3.8) is 0 Å². The Bertz CT molecular complexity index is 538. The molecule has 146 valence electrons. The minimum absolute atomic E-state index is 0.0477. The lowest BCUT2D eigenvalue weighted by Gasteiger charge is -2.16. The molecule has 1 aliphatic rings. The van der Waals surface area contributed by atoms with Crippen LogP contribution in [0.2, 0.25) is 0 Å². The summed E-state index contributed by atoms with van der Waals surface area (Å²) in [5, 5.41) is 8.60. The third-order valence-corrected chi connectivity index (χ3v) is 4.98. The number of carbonyl (C=O) groups excluding carboxylic acids is 2. The van der Waals surface area contributed by atoms with E-state index in [2.05, 4.69) is 0 Å². The van der Waals surface area contributed by atoms with Crippen LogP contribution in [0, 0.1) is 17.8 Å². The molecule has 1 aliphatic carbocycles. The SMILES string of the molecule is CCCC[C@@H](F)C(=O)C=C[C@H]1[C@H](C)CC(=O)[C@@H]1C/C=C/CCCC(=O)O. The van der Waals surface area contributed by atoms with Crippen LogP contribution in [0.25, 0.3) is 0 Å². The predicted octanol–water partition coefficient (Wildman–Crippen LogP) is 4.68. The van der Waals surface area contributed by atoms with E-state index in [1.54, 1.807) is 6.08 Å². The Labute approximate surface area is 155 Å². The maximum atomic E-state index is 13.8. The van der Waals surface area contributed by atoms with Gasteiger partial charge >= 0.3 is 5.97 Å². The lowest BCUT2D eigenvalue weighted by atomic mass is 9.87. The molecule has 0 unspecified atom stereocenters. The van der Waals surface area contributed by atoms with Gasteiger partial charge in [-0.15, -0.1) is 0 Å². The molecule has 0 radical (unpaired) electrons. The second-order valence-corrected chi connectivity index (χ2v) is 7.20. The van der Waals surface area contributed by atoms with Gasteiger partial charge in [-0.3, -0.25) is 14.4 Å². The predicted molar refractivity (Wildman–Crippen MR) is 99.6 cm³/mol. The van der Waals surface area contributed by atoms with Crippen molar-refractivity contribution in [3.05, 3.63) is 24.3 Å². The summed E-state index contributed by atoms with van der Waals surface area (Å²) in [4.78, 5) is 34.6. The summed E-state index contributed by atoms with van der Waals surface area (Å²) in [6.45, 7) is 3.94. The highest BCUT2D eigenvalue weighted by atomic mass is 19.1. The summed E-state index contributed by atoms with van der Waals surface area (Å²) in [6.07, 6.45) is 9.66. The summed E-state index contributed by atoms with van der Waals surface area (Å²) in [5.41, 5.74) is 0. The van der Waals surface area contributed by atoms with Crippen LogP contribution < -0.4 is 0 Å². The fourth-order valence-corrected chi connectivity index (χ4v) is 3.40. The number of hydrogen-bond donors (Lipinski definition) is 1. The third kappa shape index (κ3) is 7.63. The molecule has 4 atom stereocenters. The van der Waals surface area contributed by atoms with Crippen LogP contribution in [0.1, 0.15) is 65.2 Å². The number of unbranched alkanes of at least 4 members (excludes halogenated alkanes) is 2. The number of aliphatic carboxylic acids is 1. The van der Waals surface area contributed by atoms with E-state index in [-0.39, 0.29) is 36.4 Å². The summed E-state index contributed by atoms with van der Waals surface area (Å²) in [7, 11) is 0. The Balaban J connectivity index is 2.57. The van der Waals surface area contributed by atoms with E-state index in [1.165, 1.54) is 6.08 Å². The standard InChI is InChI=1S/C21H31FO4/c1-3-4-10-18(22)19(23)13-12-16-15(2)14-20(24)17(16)9-7-5-6-8-11-21(25)26/h5,7,12-13,15-18H,3-4,6,8-11,14H2,1-2H3,(H,25,26)/b7-5+,13-12?/t15-,16+,17-,18-/m1/s1. The number of rotatable bonds is 12. The average molecular weight is 366 g/mol. The van der Waals surface area contributed by atoms with Gasteiger partial charge in [0.15, 0.2) is 12.0 Å². The van der Waals surface area contributed by atoms with Gasteiger partial charge in [-0.1, -0.05) is 44.9 Å². The molecule has 0 heterocycles. The van der Waals surface area contributed by atoms with Gasteiger partial charge in [0, 0.05) is 18.8 Å². The molecule has 5 heteroatoms. The Morgan fingerprint density at radius 1 is 1.31 bits per heavy atom. The highest BCUT2D eigenvalue weighted by Gasteiger charge is 2.37. The normalized spacial score (nSPS) is 24.6. The zero-order valence-electron chi connectivity index (χ0n) is 15.8. The van der Waals surface area contributed by atoms with E-state index in [4.69, 9.17) is 5.11 Å². The minimum Gasteiger partial charge on any atom is -0.481 e. The van der Waals surface area contributed by atoms with Crippen LogP contribution in [-0.2, 0) is 14.4 Å². The van der Waals surface area contributed by atoms with Crippen LogP contribution in [0.15, 0.2) is 24.3 Å². The molecule has 0 aromatic rings. The summed E-state index contributed by atoms with van der Waals surface area (Å²) in [6, 6.07) is 0. The molecule has 0 bridgehead atoms. The molecule has 4 nitrogen and oxygen atoms in total. The fourth-order valence-electron chi connectivity index (χ4n) is 3.40. The van der Waals surface area contributed by atoms with E-state index in [0.717, 1.165) is 6.42 Å². The summed E-state index contributed by atoms with van der Waals surface area (Å²) >= 11 is 0. The van der Waals surface area contributed by atoms with Crippen molar-refractivity contribution >= 4 is 17.5 Å². The first kappa shape index (κ1) is 22.3. The fraction of sp³-hybridized carbons (Fsp3) is 0.667. The third-order valence-electron chi connectivity index (χ3n) is 4.98. The van der Waals surface area contributed by atoms with Crippen molar-refractivity contribution in [2.24, 2.45) is 17.8 Å². The lowest BCUT2D eigenvalue weighted by molar-refractivity contribution is -0.137. The van der Waals surface area contributed by atoms with Crippen molar-refractivity contribution in [1.29, 1.82) is 0 Å². The largest absolute Gasteiger partial charge is 0.481 e. The number of carboxylic acid groups (broad SMARTS) is 1. The second kappa shape index (κ2) is 11.8. The molecule has 0 spiro atoms. The molecule has 26 heavy (non-hydrogen) atoms. The van der Waals surface area contributed by atoms with Crippen molar-refractivity contribution in [2.75, 3.05) is 0 Å². The van der Waals surface area contributed by atoms with E-state index < -0.39 is 17.9 Å². The van der Waals surface area contributed by atoms with Gasteiger partial charge in [0.05, 0.1) is 0 Å². The van der Waals surface area contributed by atoms with Crippen LogP contribution in [-0.4, -0.2) is 28.8 Å². The first-order valence-corrected chi connectivity index (χ1v) is 9.62. The number of carboxylic acids is 1. The highest BCUT2D eigenvalue weighted by Crippen LogP contribution is 2.37. The summed E-state index contributed by atoms with van der Waals surface area (Å²) in [5.74, 6) is -1.22. The van der Waals surface area contributed by atoms with Gasteiger partial charge in [-0.2, -0.15) is 0 Å². The summed E-state index contributed by atoms with van der Waals surface area (Å²) < 4.78 is 13.8. The highest BCUT2D eigenvalue weighted by molar-refractivity contribution is 5.93. The number of allylic oxidation sites excluding steroid dienone is 4. The van der Waals surface area contributed by atoms with Crippen molar-refractivity contribution < 1.29 is 23.9 Å². The monoisotopic (exact) mass is 366 g/mol. The molecule has 1 saturated carbocycles. The van der Waals surface area contributed by atoms with Crippen LogP contribution >= 0.6 is 0 Å². The molecule has 0 saturated heterocycles. The van der Waals surface area contributed by atoms with Crippen LogP contribution in [0.3, 0.4) is 0 Å². The van der Waals surface area contributed by atoms with Crippen molar-refractivity contribution in [1.82, 2.24) is 0 Å². The average Bonchev–Trinajstić information content (AvgIpc) is 2.86. The molecular weight excluding hydrogens is 335 g/mol. The lowest BCUT2D eigenvalue weighted by Crippen LogP contribution is -2.17. The quantitative estimate of drug-likeness (QED) is 0.309. The maximum absolute atomic E-state index is 13.8. The Hall–Kier alpha value is -1.78. The van der Waals surface area contributed by atoms with E-state index in [1.807, 2.05) is 26.0 Å². The van der Waals surface area contributed by atoms with E-state index in [9.17, 15) is 18.8 Å². The smallest absolute Gasteiger partial charge is 0.303 e. The van der Waals surface area contributed by atoms with Crippen molar-refractivity contribution in [3.8, 4) is 0 Å². The Kier molecular flexibility index (Phi) is 10.1. The van der Waals surface area contributed by atoms with E-state index >= 15 is 0 Å². The molecule has 0 aromatic carbocycles. The zero-order chi connectivity index (χ0) is 19.5. The number of carbonyl (C=O) groups is 3. The Morgan fingerprint density at radius 2 is 2.04 bits per heavy atom. The number of alkyl halides is 1. The van der Waals surface area contributed by atoms with Crippen LogP contribution in [0.5, 0.6) is 0 Å². The molecule has 1 fully saturated rings. The molecule has 0 amide bonds. The maximum Gasteiger partial charge on any atom is 0.303 e. The number of hydrogen-bond acceptors (Lipinski definition) is 3. The number of ketones is 2. The van der Waals surface area contributed by atoms with Gasteiger partial charge in [-0.05, 0) is 43.6 Å². The number of Topliss-reactive ketones (excluding diaryl/α,β-unsaturated/α-hetero) is 1. The van der Waals surface area contributed by atoms with Crippen LogP contribution in [0.4, 0.5) is 4.39 Å². The molecule has 1 N–H and O–H groups in total. The first-order valence-electron chi connectivity index (χ1n) is 9.62. The molecule has 1 rings (SSSR count). The second-order valence-electron chi connectivity index (χ2n) is 7.20. The first-order chi connectivity index (χ1) is 12.4. The van der Waals surface area contributed by atoms with Gasteiger partial charge in [-0.25, -0.2) is 4.39 Å².